The van der Waals surface area contributed by atoms with E-state index in [-0.39, 0.29) is 18.8 Å². The standard InChI is InChI=1S/C23H30N4O5S/c1-2-3-16-33(29,30)26-22(23(28)32-18-20-8-5-4-6-9-20)17-19-10-12-21(13-11-19)31-15-7-14-25-27-24/h4-6,8-13,22,26H,2-3,7,14-18H2,1H3/t22-/m0/s1. The highest BCUT2D eigenvalue weighted by Gasteiger charge is 2.26. The number of sulfonamides is 1. The minimum Gasteiger partial charge on any atom is -0.494 e. The lowest BCUT2D eigenvalue weighted by atomic mass is 10.1. The van der Waals surface area contributed by atoms with E-state index >= 15 is 0 Å². The number of nitrogens with zero attached hydrogens (tertiary/aromatic N) is 3. The predicted molar refractivity (Wildman–Crippen MR) is 126 cm³/mol. The lowest BCUT2D eigenvalue weighted by Gasteiger charge is -2.18. The van der Waals surface area contributed by atoms with Crippen LogP contribution in [0.4, 0.5) is 0 Å². The Morgan fingerprint density at radius 3 is 2.48 bits per heavy atom. The van der Waals surface area contributed by atoms with Crippen LogP contribution in [-0.4, -0.2) is 39.3 Å². The van der Waals surface area contributed by atoms with Crippen molar-refractivity contribution in [1.29, 1.82) is 0 Å². The molecule has 0 aromatic heterocycles. The molecule has 0 spiro atoms. The number of hydrogen-bond acceptors (Lipinski definition) is 6. The Kier molecular flexibility index (Phi) is 11.2. The van der Waals surface area contributed by atoms with Crippen LogP contribution in [0, 0.1) is 0 Å². The quantitative estimate of drug-likeness (QED) is 0.136. The number of carbonyl (C=O) groups excluding carboxylic acids is 1. The number of ether oxygens (including phenoxy) is 2. The van der Waals surface area contributed by atoms with Crippen molar-refractivity contribution < 1.29 is 22.7 Å². The monoisotopic (exact) mass is 474 g/mol. The number of rotatable bonds is 15. The first-order chi connectivity index (χ1) is 15.9. The van der Waals surface area contributed by atoms with Crippen molar-refractivity contribution in [2.24, 2.45) is 5.11 Å². The van der Waals surface area contributed by atoms with Gasteiger partial charge in [0.15, 0.2) is 0 Å². The third-order valence-corrected chi connectivity index (χ3v) is 6.16. The molecule has 0 aliphatic heterocycles. The molecule has 0 amide bonds. The van der Waals surface area contributed by atoms with Gasteiger partial charge in [-0.2, -0.15) is 0 Å². The molecule has 10 heteroatoms. The fraction of sp³-hybridized carbons (Fsp3) is 0.435. The summed E-state index contributed by atoms with van der Waals surface area (Å²) in [7, 11) is -3.63. The van der Waals surface area contributed by atoms with E-state index < -0.39 is 22.0 Å². The lowest BCUT2D eigenvalue weighted by Crippen LogP contribution is -2.44. The van der Waals surface area contributed by atoms with E-state index in [1.807, 2.05) is 37.3 Å². The second-order valence-corrected chi connectivity index (χ2v) is 9.31. The summed E-state index contributed by atoms with van der Waals surface area (Å²) in [6.45, 7) is 2.74. The summed E-state index contributed by atoms with van der Waals surface area (Å²) < 4.78 is 38.4. The van der Waals surface area contributed by atoms with Gasteiger partial charge in [0.1, 0.15) is 18.4 Å². The third-order valence-electron chi connectivity index (χ3n) is 4.69. The van der Waals surface area contributed by atoms with Gasteiger partial charge in [0.25, 0.3) is 0 Å². The van der Waals surface area contributed by atoms with Crippen molar-refractivity contribution in [3.8, 4) is 5.75 Å². The van der Waals surface area contributed by atoms with Crippen LogP contribution in [0.3, 0.4) is 0 Å². The number of azide groups is 1. The highest BCUT2D eigenvalue weighted by atomic mass is 32.2. The minimum atomic E-state index is -3.63. The van der Waals surface area contributed by atoms with Crippen LogP contribution >= 0.6 is 0 Å². The number of unbranched alkanes of at least 4 members (excludes halogenated alkanes) is 1. The zero-order valence-corrected chi connectivity index (χ0v) is 19.5. The second kappa shape index (κ2) is 14.2. The molecule has 0 unspecified atom stereocenters. The Labute approximate surface area is 194 Å². The van der Waals surface area contributed by atoms with Crippen LogP contribution in [-0.2, 0) is 32.6 Å². The number of nitrogens with one attached hydrogen (secondary N) is 1. The van der Waals surface area contributed by atoms with Gasteiger partial charge in [-0.1, -0.05) is 60.9 Å². The summed E-state index contributed by atoms with van der Waals surface area (Å²) in [5.74, 6) is -0.0436. The summed E-state index contributed by atoms with van der Waals surface area (Å²) in [5, 5.41) is 3.45. The topological polar surface area (TPSA) is 130 Å². The highest BCUT2D eigenvalue weighted by Crippen LogP contribution is 2.15. The summed E-state index contributed by atoms with van der Waals surface area (Å²) in [6, 6.07) is 15.2. The van der Waals surface area contributed by atoms with E-state index in [0.717, 1.165) is 17.5 Å². The molecular weight excluding hydrogens is 444 g/mol. The number of benzene rings is 2. The van der Waals surface area contributed by atoms with Gasteiger partial charge in [-0.25, -0.2) is 13.1 Å². The first-order valence-corrected chi connectivity index (χ1v) is 12.5. The molecule has 0 bridgehead atoms. The van der Waals surface area contributed by atoms with Crippen molar-refractivity contribution in [2.75, 3.05) is 18.9 Å². The van der Waals surface area contributed by atoms with Crippen LogP contribution in [0.1, 0.15) is 37.3 Å². The summed E-state index contributed by atoms with van der Waals surface area (Å²) in [6.07, 6.45) is 1.98. The number of hydrogen-bond donors (Lipinski definition) is 1. The van der Waals surface area contributed by atoms with E-state index in [1.54, 1.807) is 24.3 Å². The smallest absolute Gasteiger partial charge is 0.324 e. The first kappa shape index (κ1) is 26.2. The van der Waals surface area contributed by atoms with E-state index in [2.05, 4.69) is 14.7 Å². The van der Waals surface area contributed by atoms with Gasteiger partial charge in [-0.05, 0) is 48.1 Å². The highest BCUT2D eigenvalue weighted by molar-refractivity contribution is 7.89. The molecule has 0 fully saturated rings. The van der Waals surface area contributed by atoms with Gasteiger partial charge < -0.3 is 9.47 Å². The fourth-order valence-electron chi connectivity index (χ4n) is 2.94. The maximum atomic E-state index is 12.8. The molecule has 0 aliphatic carbocycles. The molecule has 9 nitrogen and oxygen atoms in total. The Hall–Kier alpha value is -3.07. The molecule has 0 radical (unpaired) electrons. The van der Waals surface area contributed by atoms with Crippen molar-refractivity contribution in [3.05, 3.63) is 76.2 Å². The number of carbonyl (C=O) groups is 1. The largest absolute Gasteiger partial charge is 0.494 e. The van der Waals surface area contributed by atoms with Gasteiger partial charge in [-0.15, -0.1) is 0 Å². The SMILES string of the molecule is CCCCS(=O)(=O)N[C@@H](Cc1ccc(OCCCN=[N+]=[N-])cc1)C(=O)OCc1ccccc1. The molecule has 1 N–H and O–H groups in total. The predicted octanol–water partition coefficient (Wildman–Crippen LogP) is 4.14. The van der Waals surface area contributed by atoms with Crippen LogP contribution in [0.25, 0.3) is 10.4 Å². The van der Waals surface area contributed by atoms with Crippen molar-refractivity contribution >= 4 is 16.0 Å². The number of esters is 1. The Morgan fingerprint density at radius 1 is 1.09 bits per heavy atom. The van der Waals surface area contributed by atoms with Crippen molar-refractivity contribution in [3.63, 3.8) is 0 Å². The Bertz CT molecular complexity index is 1010. The summed E-state index contributed by atoms with van der Waals surface area (Å²) >= 11 is 0. The molecule has 2 aromatic rings. The molecule has 2 rings (SSSR count). The molecule has 1 atom stereocenters. The van der Waals surface area contributed by atoms with Gasteiger partial charge >= 0.3 is 5.97 Å². The average molecular weight is 475 g/mol. The molecule has 0 saturated heterocycles. The van der Waals surface area contributed by atoms with Crippen molar-refractivity contribution in [1.82, 2.24) is 4.72 Å². The average Bonchev–Trinajstić information content (AvgIpc) is 2.82. The van der Waals surface area contributed by atoms with Crippen LogP contribution < -0.4 is 9.46 Å². The molecule has 33 heavy (non-hydrogen) atoms. The first-order valence-electron chi connectivity index (χ1n) is 10.9. The zero-order chi connectivity index (χ0) is 23.9. The van der Waals surface area contributed by atoms with Gasteiger partial charge in [0.05, 0.1) is 12.4 Å². The van der Waals surface area contributed by atoms with Crippen LogP contribution in [0.2, 0.25) is 0 Å². The summed E-state index contributed by atoms with van der Waals surface area (Å²) in [5.41, 5.74) is 9.85. The molecular formula is C23H30N4O5S. The normalized spacial score (nSPS) is 11.9. The van der Waals surface area contributed by atoms with Gasteiger partial charge in [-0.3, -0.25) is 4.79 Å². The molecule has 0 heterocycles. The minimum absolute atomic E-state index is 0.0470. The van der Waals surface area contributed by atoms with E-state index in [1.165, 1.54) is 0 Å². The van der Waals surface area contributed by atoms with Gasteiger partial charge in [0, 0.05) is 11.5 Å². The van der Waals surface area contributed by atoms with Crippen LogP contribution in [0.15, 0.2) is 59.7 Å². The van der Waals surface area contributed by atoms with E-state index in [4.69, 9.17) is 15.0 Å². The zero-order valence-electron chi connectivity index (χ0n) is 18.7. The Balaban J connectivity index is 2.02. The Morgan fingerprint density at radius 2 is 1.82 bits per heavy atom. The third kappa shape index (κ3) is 10.4. The second-order valence-electron chi connectivity index (χ2n) is 7.44. The molecule has 178 valence electrons. The maximum Gasteiger partial charge on any atom is 0.324 e. The summed E-state index contributed by atoms with van der Waals surface area (Å²) in [4.78, 5) is 15.4. The van der Waals surface area contributed by atoms with E-state index in [0.29, 0.717) is 31.7 Å². The molecule has 2 aromatic carbocycles. The molecule has 0 saturated carbocycles. The fourth-order valence-corrected chi connectivity index (χ4v) is 4.34. The molecule has 0 aliphatic rings. The maximum absolute atomic E-state index is 12.8. The van der Waals surface area contributed by atoms with Crippen molar-refractivity contribution in [2.45, 2.75) is 45.3 Å². The van der Waals surface area contributed by atoms with Crippen LogP contribution in [0.5, 0.6) is 5.75 Å². The van der Waals surface area contributed by atoms with Gasteiger partial charge in [0.2, 0.25) is 10.0 Å². The lowest BCUT2D eigenvalue weighted by molar-refractivity contribution is -0.147. The van der Waals surface area contributed by atoms with E-state index in [9.17, 15) is 13.2 Å².